The molecule has 0 fully saturated rings. The zero-order valence-corrected chi connectivity index (χ0v) is 43.4. The van der Waals surface area contributed by atoms with E-state index in [2.05, 4.69) is 0 Å². The van der Waals surface area contributed by atoms with Gasteiger partial charge in [-0.2, -0.15) is 0 Å². The number of aryl methyl sites for hydroxylation is 4. The number of hydrogen-bond acceptors (Lipinski definition) is 2. The Morgan fingerprint density at radius 3 is 1.57 bits per heavy atom. The van der Waals surface area contributed by atoms with Gasteiger partial charge in [0.1, 0.15) is 11.6 Å². The summed E-state index contributed by atoms with van der Waals surface area (Å²) < 4.78 is 121. The van der Waals surface area contributed by atoms with Crippen molar-refractivity contribution in [2.24, 2.45) is 0 Å². The van der Waals surface area contributed by atoms with E-state index in [1.54, 1.807) is 23.1 Å². The Morgan fingerprint density at radius 1 is 0.395 bits per heavy atom. The van der Waals surface area contributed by atoms with E-state index < -0.39 is 53.9 Å². The number of fused-ring (bicyclic) bond motifs is 2. The molecule has 76 heavy (non-hydrogen) atoms. The smallest absolute Gasteiger partial charge is 0.147 e. The molecule has 368 valence electrons. The molecule has 13 rings (SSSR count). The summed E-state index contributed by atoms with van der Waals surface area (Å²) >= 11 is 0. The molecular formula is C72H56F2N2. The van der Waals surface area contributed by atoms with Gasteiger partial charge in [0.2, 0.25) is 0 Å². The van der Waals surface area contributed by atoms with Gasteiger partial charge >= 0.3 is 0 Å². The van der Waals surface area contributed by atoms with E-state index in [4.69, 9.17) is 4.11 Å². The van der Waals surface area contributed by atoms with Crippen LogP contribution in [-0.2, 0) is 0 Å². The molecule has 1 aliphatic heterocycles. The first-order valence-corrected chi connectivity index (χ1v) is 25.6. The van der Waals surface area contributed by atoms with Crippen LogP contribution in [0.5, 0.6) is 0 Å². The second-order valence-corrected chi connectivity index (χ2v) is 20.3. The van der Waals surface area contributed by atoms with Gasteiger partial charge in [-0.1, -0.05) is 145 Å². The lowest BCUT2D eigenvalue weighted by atomic mass is 9.83. The number of anilines is 6. The molecule has 0 saturated heterocycles. The van der Waals surface area contributed by atoms with Gasteiger partial charge in [-0.15, -0.1) is 0 Å². The maximum Gasteiger partial charge on any atom is 0.147 e. The third-order valence-corrected chi connectivity index (χ3v) is 16.3. The highest BCUT2D eigenvalue weighted by Crippen LogP contribution is 2.59. The highest BCUT2D eigenvalue weighted by Gasteiger charge is 2.34. The minimum absolute atomic E-state index is 0.0440. The normalized spacial score (nSPS) is 13.7. The Labute approximate surface area is 456 Å². The van der Waals surface area contributed by atoms with Crippen molar-refractivity contribution in [3.05, 3.63) is 250 Å². The Balaban J connectivity index is 1.20. The van der Waals surface area contributed by atoms with Crippen molar-refractivity contribution < 1.29 is 21.1 Å². The van der Waals surface area contributed by atoms with Crippen LogP contribution in [0.4, 0.5) is 42.9 Å². The third kappa shape index (κ3) is 7.04. The molecule has 0 saturated carbocycles. The van der Waals surface area contributed by atoms with Crippen molar-refractivity contribution in [1.82, 2.24) is 0 Å². The van der Waals surface area contributed by atoms with Gasteiger partial charge in [0.15, 0.2) is 0 Å². The van der Waals surface area contributed by atoms with Crippen molar-refractivity contribution in [2.45, 2.75) is 55.4 Å². The predicted molar refractivity (Wildman–Crippen MR) is 318 cm³/mol. The van der Waals surface area contributed by atoms with Crippen molar-refractivity contribution in [3.8, 4) is 55.6 Å². The molecule has 0 aromatic heterocycles. The zero-order valence-electron chi connectivity index (χ0n) is 52.4. The number of halogens is 2. The molecule has 0 bridgehead atoms. The molecule has 1 heterocycles. The second-order valence-electron chi connectivity index (χ2n) is 20.3. The molecule has 2 nitrogen and oxygen atoms in total. The minimum Gasteiger partial charge on any atom is -0.307 e. The Hall–Kier alpha value is -8.86. The largest absolute Gasteiger partial charge is 0.307 e. The van der Waals surface area contributed by atoms with Crippen LogP contribution in [0.2, 0.25) is 0 Å². The van der Waals surface area contributed by atoms with E-state index in [0.29, 0.717) is 60.4 Å². The number of nitrogens with zero attached hydrogens (tertiary/aromatic N) is 2. The number of hydrogen-bond donors (Lipinski definition) is 0. The molecule has 0 atom stereocenters. The Bertz CT molecular complexity index is 4890. The molecule has 0 N–H and O–H groups in total. The maximum absolute atomic E-state index is 18.3. The van der Waals surface area contributed by atoms with Crippen LogP contribution >= 0.6 is 0 Å². The second kappa shape index (κ2) is 17.9. The minimum atomic E-state index is -0.715. The van der Waals surface area contributed by atoms with Gasteiger partial charge in [0, 0.05) is 38.5 Å². The standard InChI is InChI=1S/C72H56F2N2/c1-41-18-14-25-52(45(41)5)57-34-36-61(73)71(68(57)54-27-16-20-43(3)47(54)7)75(51-22-10-9-11-23-51)64-38-32-50-40-60-56-24-12-13-29-63(56)76(65-39-31-49-30-33-59(64)66(50)67(49)70(60)65)72-62(74)37-35-58(53-26-15-19-42(2)46(53)6)69(72)55-28-17-21-44(4)48(55)8/h9-40H,1-8H3/i9D,10D,11D,12D,13D,22D,23D,24D,29D. The summed E-state index contributed by atoms with van der Waals surface area (Å²) in [7, 11) is 0. The molecule has 4 heteroatoms. The summed E-state index contributed by atoms with van der Waals surface area (Å²) in [5.74, 6) is -1.34. The molecule has 0 aliphatic carbocycles. The van der Waals surface area contributed by atoms with Crippen molar-refractivity contribution in [3.63, 3.8) is 0 Å². The highest BCUT2D eigenvalue weighted by atomic mass is 19.1. The van der Waals surface area contributed by atoms with Crippen LogP contribution in [0.15, 0.2) is 194 Å². The summed E-state index contributed by atoms with van der Waals surface area (Å²) in [6, 6.07) is 38.5. The molecule has 12 aromatic rings. The number of para-hydroxylation sites is 2. The quantitative estimate of drug-likeness (QED) is 0.140. The van der Waals surface area contributed by atoms with Crippen LogP contribution in [0, 0.1) is 67.0 Å². The average Bonchev–Trinajstić information content (AvgIpc) is 1.12. The molecule has 0 unspecified atom stereocenters. The van der Waals surface area contributed by atoms with Crippen LogP contribution < -0.4 is 9.80 Å². The zero-order chi connectivity index (χ0) is 60.1. The van der Waals surface area contributed by atoms with Gasteiger partial charge in [0.25, 0.3) is 0 Å². The first-order valence-electron chi connectivity index (χ1n) is 30.1. The summed E-state index contributed by atoms with van der Waals surface area (Å²) in [4.78, 5) is 3.17. The van der Waals surface area contributed by atoms with E-state index >= 15 is 8.78 Å². The van der Waals surface area contributed by atoms with Crippen LogP contribution in [-0.4, -0.2) is 0 Å². The van der Waals surface area contributed by atoms with Gasteiger partial charge in [-0.05, 0) is 203 Å². The van der Waals surface area contributed by atoms with Crippen LogP contribution in [0.3, 0.4) is 0 Å². The summed E-state index contributed by atoms with van der Waals surface area (Å²) in [5, 5.41) is 3.71. The van der Waals surface area contributed by atoms with E-state index in [0.717, 1.165) is 72.1 Å². The Morgan fingerprint density at radius 2 is 0.921 bits per heavy atom. The number of rotatable bonds is 8. The van der Waals surface area contributed by atoms with Gasteiger partial charge in [-0.25, -0.2) is 8.78 Å². The molecule has 0 spiro atoms. The lowest BCUT2D eigenvalue weighted by molar-refractivity contribution is 0.629. The molecule has 1 aliphatic rings. The molecule has 12 aromatic carbocycles. The maximum atomic E-state index is 18.3. The summed E-state index contributed by atoms with van der Waals surface area (Å²) in [6.07, 6.45) is 0. The fourth-order valence-electron chi connectivity index (χ4n) is 11.9. The highest BCUT2D eigenvalue weighted by molar-refractivity contribution is 6.33. The average molecular weight is 996 g/mol. The van der Waals surface area contributed by atoms with E-state index in [-0.39, 0.29) is 46.1 Å². The fourth-order valence-corrected chi connectivity index (χ4v) is 11.9. The van der Waals surface area contributed by atoms with E-state index in [1.807, 2.05) is 165 Å². The number of benzene rings is 12. The SMILES string of the molecule is [2H]c1c([2H])c([2H])c(N(c2c(F)ccc(-c3cccc(C)c3C)c2-c2cccc(C)c2C)c2ccc3cc4c5c(ccc6ccc2c3c65)N(c2c(F)ccc(-c3cccc(C)c3C)c2-c2cccc(C)c2C)c2c([2H])c([2H])c([2H])c([2H])c2-4)c([2H])c1[2H]. The molecule has 0 amide bonds. The summed E-state index contributed by atoms with van der Waals surface area (Å²) in [5.41, 5.74) is 14.3. The lowest BCUT2D eigenvalue weighted by Gasteiger charge is -2.37. The van der Waals surface area contributed by atoms with Gasteiger partial charge in [0.05, 0.1) is 40.8 Å². The first-order chi connectivity index (χ1) is 40.6. The van der Waals surface area contributed by atoms with Crippen molar-refractivity contribution in [1.29, 1.82) is 0 Å². The molecule has 0 radical (unpaired) electrons. The predicted octanol–water partition coefficient (Wildman–Crippen LogP) is 20.9. The van der Waals surface area contributed by atoms with E-state index in [1.165, 1.54) is 17.0 Å². The lowest BCUT2D eigenvalue weighted by Crippen LogP contribution is -2.18. The summed E-state index contributed by atoms with van der Waals surface area (Å²) in [6.45, 7) is 16.0. The third-order valence-electron chi connectivity index (χ3n) is 16.3. The van der Waals surface area contributed by atoms with Crippen molar-refractivity contribution >= 4 is 66.4 Å². The van der Waals surface area contributed by atoms with Crippen LogP contribution in [0.1, 0.15) is 56.8 Å². The van der Waals surface area contributed by atoms with Gasteiger partial charge < -0.3 is 9.80 Å². The van der Waals surface area contributed by atoms with Gasteiger partial charge in [-0.3, -0.25) is 0 Å². The Kier molecular flexibility index (Phi) is 8.91. The van der Waals surface area contributed by atoms with E-state index in [9.17, 15) is 8.22 Å². The van der Waals surface area contributed by atoms with Crippen LogP contribution in [0.25, 0.3) is 88.0 Å². The van der Waals surface area contributed by atoms with Crippen molar-refractivity contribution in [2.75, 3.05) is 9.80 Å². The topological polar surface area (TPSA) is 6.48 Å². The first kappa shape index (κ1) is 37.8. The fraction of sp³-hybridized carbons (Fsp3) is 0.111. The monoisotopic (exact) mass is 995 g/mol. The molecular weight excluding hydrogens is 931 g/mol.